The van der Waals surface area contributed by atoms with Gasteiger partial charge in [0.15, 0.2) is 0 Å². The molecule has 0 unspecified atom stereocenters. The zero-order chi connectivity index (χ0) is 14.2. The average molecular weight is 263 g/mol. The number of hydrogen-bond acceptors (Lipinski definition) is 4. The van der Waals surface area contributed by atoms with Gasteiger partial charge in [-0.2, -0.15) is 0 Å². The lowest BCUT2D eigenvalue weighted by atomic mass is 10.0. The van der Waals surface area contributed by atoms with Gasteiger partial charge in [-0.1, -0.05) is 13.3 Å². The highest BCUT2D eigenvalue weighted by Crippen LogP contribution is 2.18. The number of hydrogen-bond donors (Lipinski definition) is 2. The molecule has 0 amide bonds. The number of fused-ring (bicyclic) bond motifs is 1. The van der Waals surface area contributed by atoms with Gasteiger partial charge in [0, 0.05) is 13.2 Å². The molecular weight excluding hydrogens is 250 g/mol. The predicted octanol–water partition coefficient (Wildman–Crippen LogP) is 0.272. The number of aryl methyl sites for hydroxylation is 2. The number of aromatic amines is 1. The number of H-pyrrole nitrogens is 1. The molecule has 0 saturated heterocycles. The predicted molar refractivity (Wildman–Crippen MR) is 68.6 cm³/mol. The second-order valence-corrected chi connectivity index (χ2v) is 4.22. The Balaban J connectivity index is 3.01. The highest BCUT2D eigenvalue weighted by molar-refractivity contribution is 5.94. The summed E-state index contributed by atoms with van der Waals surface area (Å²) in [5, 5.41) is 9.32. The van der Waals surface area contributed by atoms with Gasteiger partial charge in [0.1, 0.15) is 5.65 Å². The van der Waals surface area contributed by atoms with Crippen LogP contribution in [0.1, 0.15) is 29.3 Å². The molecule has 0 bridgehead atoms. The minimum absolute atomic E-state index is 0.00139. The first-order chi connectivity index (χ1) is 8.97. The Morgan fingerprint density at radius 1 is 1.47 bits per heavy atom. The molecule has 0 aliphatic heterocycles. The molecular formula is C12H13N3O4. The van der Waals surface area contributed by atoms with Crippen LogP contribution >= 0.6 is 0 Å². The van der Waals surface area contributed by atoms with E-state index < -0.39 is 17.2 Å². The molecule has 0 saturated carbocycles. The van der Waals surface area contributed by atoms with Crippen LogP contribution in [0.4, 0.5) is 0 Å². The van der Waals surface area contributed by atoms with Gasteiger partial charge in [0.25, 0.3) is 5.56 Å². The van der Waals surface area contributed by atoms with Crippen LogP contribution in [-0.2, 0) is 13.5 Å². The summed E-state index contributed by atoms with van der Waals surface area (Å²) in [6.07, 6.45) is 2.30. The summed E-state index contributed by atoms with van der Waals surface area (Å²) < 4.78 is 1.20. The van der Waals surface area contributed by atoms with Crippen LogP contribution in [0.25, 0.3) is 11.0 Å². The van der Waals surface area contributed by atoms with E-state index in [1.807, 2.05) is 6.92 Å². The Bertz CT molecular complexity index is 773. The quantitative estimate of drug-likeness (QED) is 0.827. The van der Waals surface area contributed by atoms with Crippen molar-refractivity contribution in [1.29, 1.82) is 0 Å². The first kappa shape index (κ1) is 13.0. The zero-order valence-electron chi connectivity index (χ0n) is 10.6. The minimum Gasteiger partial charge on any atom is -0.478 e. The molecule has 0 fully saturated rings. The van der Waals surface area contributed by atoms with Crippen molar-refractivity contribution in [3.05, 3.63) is 38.2 Å². The van der Waals surface area contributed by atoms with Gasteiger partial charge in [-0.25, -0.2) is 14.6 Å². The van der Waals surface area contributed by atoms with E-state index in [2.05, 4.69) is 9.97 Å². The van der Waals surface area contributed by atoms with E-state index in [0.717, 1.165) is 0 Å². The van der Waals surface area contributed by atoms with Gasteiger partial charge in [-0.3, -0.25) is 14.3 Å². The maximum absolute atomic E-state index is 11.9. The standard InChI is InChI=1S/C12H13N3O4/c1-3-4-6-7(11(17)18)5-13-9-8(6)10(16)14-12(19)15(9)2/h5H,3-4H2,1-2H3,(H,17,18)(H,14,16,19). The van der Waals surface area contributed by atoms with Gasteiger partial charge < -0.3 is 5.11 Å². The van der Waals surface area contributed by atoms with Gasteiger partial charge in [0.05, 0.1) is 10.9 Å². The van der Waals surface area contributed by atoms with E-state index >= 15 is 0 Å². The molecule has 2 rings (SSSR count). The van der Waals surface area contributed by atoms with Gasteiger partial charge >= 0.3 is 11.7 Å². The monoisotopic (exact) mass is 263 g/mol. The molecule has 0 aliphatic carbocycles. The molecule has 100 valence electrons. The fourth-order valence-corrected chi connectivity index (χ4v) is 2.06. The van der Waals surface area contributed by atoms with Crippen LogP contribution in [0.3, 0.4) is 0 Å². The van der Waals surface area contributed by atoms with Gasteiger partial charge in [0.2, 0.25) is 0 Å². The Morgan fingerprint density at radius 3 is 2.74 bits per heavy atom. The molecule has 19 heavy (non-hydrogen) atoms. The molecule has 0 aliphatic rings. The third kappa shape index (κ3) is 2.03. The molecule has 0 radical (unpaired) electrons. The van der Waals surface area contributed by atoms with E-state index in [1.165, 1.54) is 17.8 Å². The summed E-state index contributed by atoms with van der Waals surface area (Å²) in [4.78, 5) is 40.7. The van der Waals surface area contributed by atoms with Crippen LogP contribution in [0.5, 0.6) is 0 Å². The fourth-order valence-electron chi connectivity index (χ4n) is 2.06. The van der Waals surface area contributed by atoms with Gasteiger partial charge in [-0.05, 0) is 12.0 Å². The zero-order valence-corrected chi connectivity index (χ0v) is 10.6. The van der Waals surface area contributed by atoms with Gasteiger partial charge in [-0.15, -0.1) is 0 Å². The van der Waals surface area contributed by atoms with Crippen LogP contribution < -0.4 is 11.2 Å². The average Bonchev–Trinajstić information content (AvgIpc) is 2.35. The topological polar surface area (TPSA) is 105 Å². The van der Waals surface area contributed by atoms with E-state index in [0.29, 0.717) is 18.4 Å². The lowest BCUT2D eigenvalue weighted by Crippen LogP contribution is -2.30. The summed E-state index contributed by atoms with van der Waals surface area (Å²) in [5.74, 6) is -1.13. The SMILES string of the molecule is CCCc1c(C(=O)O)cnc2c1c(=O)[nH]c(=O)n2C. The van der Waals surface area contributed by atoms with Crippen molar-refractivity contribution in [1.82, 2.24) is 14.5 Å². The van der Waals surface area contributed by atoms with E-state index in [4.69, 9.17) is 5.11 Å². The lowest BCUT2D eigenvalue weighted by molar-refractivity contribution is 0.0695. The molecule has 2 aromatic heterocycles. The number of aromatic carboxylic acids is 1. The highest BCUT2D eigenvalue weighted by Gasteiger charge is 2.18. The maximum atomic E-state index is 11.9. The largest absolute Gasteiger partial charge is 0.478 e. The first-order valence-electron chi connectivity index (χ1n) is 5.81. The second-order valence-electron chi connectivity index (χ2n) is 4.22. The molecule has 2 aromatic rings. The molecule has 7 heteroatoms. The number of nitrogens with one attached hydrogen (secondary N) is 1. The number of carboxylic acid groups (broad SMARTS) is 1. The van der Waals surface area contributed by atoms with Crippen molar-refractivity contribution < 1.29 is 9.90 Å². The smallest absolute Gasteiger partial charge is 0.337 e. The van der Waals surface area contributed by atoms with Crippen LogP contribution in [0.2, 0.25) is 0 Å². The lowest BCUT2D eigenvalue weighted by Gasteiger charge is -2.09. The summed E-state index contributed by atoms with van der Waals surface area (Å²) in [6.45, 7) is 1.88. The summed E-state index contributed by atoms with van der Waals surface area (Å²) in [7, 11) is 1.48. The molecule has 0 aromatic carbocycles. The number of aromatic nitrogens is 3. The Labute approximate surface area is 107 Å². The van der Waals surface area contributed by atoms with Crippen LogP contribution in [-0.4, -0.2) is 25.6 Å². The highest BCUT2D eigenvalue weighted by atomic mass is 16.4. The Hall–Kier alpha value is -2.44. The van der Waals surface area contributed by atoms with E-state index in [9.17, 15) is 14.4 Å². The first-order valence-corrected chi connectivity index (χ1v) is 5.81. The van der Waals surface area contributed by atoms with Crippen molar-refractivity contribution in [3.63, 3.8) is 0 Å². The maximum Gasteiger partial charge on any atom is 0.337 e. The Morgan fingerprint density at radius 2 is 2.16 bits per heavy atom. The summed E-state index contributed by atoms with van der Waals surface area (Å²) >= 11 is 0. The number of pyridine rings is 1. The van der Waals surface area contributed by atoms with Crippen molar-refractivity contribution in [3.8, 4) is 0 Å². The summed E-state index contributed by atoms with van der Waals surface area (Å²) in [6, 6.07) is 0. The molecule has 2 N–H and O–H groups in total. The second kappa shape index (κ2) is 4.68. The van der Waals surface area contributed by atoms with Crippen LogP contribution in [0, 0.1) is 0 Å². The molecule has 2 heterocycles. The normalized spacial score (nSPS) is 10.8. The van der Waals surface area contributed by atoms with E-state index in [-0.39, 0.29) is 16.6 Å². The molecule has 0 spiro atoms. The molecule has 7 nitrogen and oxygen atoms in total. The van der Waals surface area contributed by atoms with Crippen molar-refractivity contribution in [2.75, 3.05) is 0 Å². The van der Waals surface area contributed by atoms with Crippen molar-refractivity contribution >= 4 is 17.0 Å². The molecule has 0 atom stereocenters. The van der Waals surface area contributed by atoms with Crippen molar-refractivity contribution in [2.24, 2.45) is 7.05 Å². The summed E-state index contributed by atoms with van der Waals surface area (Å²) in [5.41, 5.74) is -0.565. The minimum atomic E-state index is -1.13. The van der Waals surface area contributed by atoms with Crippen molar-refractivity contribution in [2.45, 2.75) is 19.8 Å². The van der Waals surface area contributed by atoms with E-state index in [1.54, 1.807) is 0 Å². The van der Waals surface area contributed by atoms with Crippen LogP contribution in [0.15, 0.2) is 15.8 Å². The third-order valence-electron chi connectivity index (χ3n) is 2.97. The number of carbonyl (C=O) groups is 1. The number of rotatable bonds is 3. The third-order valence-corrected chi connectivity index (χ3v) is 2.97. The number of carboxylic acids is 1. The number of nitrogens with zero attached hydrogens (tertiary/aromatic N) is 2. The Kier molecular flexibility index (Phi) is 3.20. The fraction of sp³-hybridized carbons (Fsp3) is 0.333.